The third kappa shape index (κ3) is 3.45. The van der Waals surface area contributed by atoms with Gasteiger partial charge >= 0.3 is 0 Å². The highest BCUT2D eigenvalue weighted by Crippen LogP contribution is 2.27. The highest BCUT2D eigenvalue weighted by atomic mass is 16.2. The Labute approximate surface area is 173 Å². The van der Waals surface area contributed by atoms with Crippen LogP contribution in [0.5, 0.6) is 0 Å². The summed E-state index contributed by atoms with van der Waals surface area (Å²) in [6.07, 6.45) is 5.02. The number of fused-ring (bicyclic) bond motifs is 1. The van der Waals surface area contributed by atoms with Gasteiger partial charge in [-0.05, 0) is 54.8 Å². The van der Waals surface area contributed by atoms with Gasteiger partial charge in [0.1, 0.15) is 0 Å². The molecular formula is C23H20N4O3. The molecule has 4 rings (SSSR count). The molecule has 3 aromatic rings. The molecule has 0 atom stereocenters. The van der Waals surface area contributed by atoms with Gasteiger partial charge in [0.15, 0.2) is 0 Å². The fourth-order valence-electron chi connectivity index (χ4n) is 3.69. The van der Waals surface area contributed by atoms with Crippen molar-refractivity contribution >= 4 is 23.4 Å². The van der Waals surface area contributed by atoms with Crippen molar-refractivity contribution in [3.05, 3.63) is 76.7 Å². The number of rotatable bonds is 4. The van der Waals surface area contributed by atoms with Gasteiger partial charge in [0.25, 0.3) is 11.8 Å². The molecule has 7 heteroatoms. The van der Waals surface area contributed by atoms with E-state index in [1.54, 1.807) is 30.7 Å². The van der Waals surface area contributed by atoms with Crippen LogP contribution in [0.1, 0.15) is 37.4 Å². The average molecular weight is 400 g/mol. The Morgan fingerprint density at radius 3 is 2.60 bits per heavy atom. The standard InChI is InChI=1S/C23H20N4O3/c1-13-7-16(20-18(8-13)22(29)27(3)23(20)30)10-19(28)26-17-9-14(2)21(25-12-17)15-5-4-6-24-11-15/h4-9,11-12H,10H2,1-3H3,(H,26,28). The zero-order valence-electron chi connectivity index (χ0n) is 16.9. The van der Waals surface area contributed by atoms with Crippen molar-refractivity contribution in [3.63, 3.8) is 0 Å². The molecule has 1 N–H and O–H groups in total. The van der Waals surface area contributed by atoms with E-state index in [9.17, 15) is 14.4 Å². The molecule has 1 aliphatic rings. The van der Waals surface area contributed by atoms with Gasteiger partial charge in [-0.1, -0.05) is 6.07 Å². The maximum Gasteiger partial charge on any atom is 0.261 e. The second-order valence-electron chi connectivity index (χ2n) is 7.37. The number of hydrogen-bond acceptors (Lipinski definition) is 5. The van der Waals surface area contributed by atoms with Gasteiger partial charge in [-0.3, -0.25) is 29.3 Å². The average Bonchev–Trinajstić information content (AvgIpc) is 2.92. The highest BCUT2D eigenvalue weighted by molar-refractivity contribution is 6.22. The van der Waals surface area contributed by atoms with E-state index in [1.807, 2.05) is 32.0 Å². The quantitative estimate of drug-likeness (QED) is 0.679. The normalized spacial score (nSPS) is 12.8. The van der Waals surface area contributed by atoms with E-state index in [0.717, 1.165) is 27.3 Å². The van der Waals surface area contributed by atoms with E-state index < -0.39 is 0 Å². The summed E-state index contributed by atoms with van der Waals surface area (Å²) in [5, 5.41) is 2.83. The van der Waals surface area contributed by atoms with Crippen molar-refractivity contribution in [1.82, 2.24) is 14.9 Å². The molecule has 0 saturated heterocycles. The minimum absolute atomic E-state index is 0.0136. The number of amides is 3. The van der Waals surface area contributed by atoms with E-state index in [4.69, 9.17) is 0 Å². The smallest absolute Gasteiger partial charge is 0.261 e. The van der Waals surface area contributed by atoms with Crippen LogP contribution in [-0.4, -0.2) is 39.6 Å². The lowest BCUT2D eigenvalue weighted by Crippen LogP contribution is -2.24. The van der Waals surface area contributed by atoms with Crippen molar-refractivity contribution in [1.29, 1.82) is 0 Å². The number of aromatic nitrogens is 2. The Morgan fingerprint density at radius 1 is 1.10 bits per heavy atom. The van der Waals surface area contributed by atoms with Crippen LogP contribution in [0.3, 0.4) is 0 Å². The van der Waals surface area contributed by atoms with Crippen molar-refractivity contribution < 1.29 is 14.4 Å². The van der Waals surface area contributed by atoms with E-state index >= 15 is 0 Å². The molecule has 0 bridgehead atoms. The molecule has 1 aromatic carbocycles. The molecule has 0 fully saturated rings. The number of nitrogens with zero attached hydrogens (tertiary/aromatic N) is 3. The Bertz CT molecular complexity index is 1190. The summed E-state index contributed by atoms with van der Waals surface area (Å²) in [6, 6.07) is 9.07. The van der Waals surface area contributed by atoms with E-state index in [1.165, 1.54) is 7.05 Å². The number of carbonyl (C=O) groups is 3. The molecule has 7 nitrogen and oxygen atoms in total. The number of anilines is 1. The predicted molar refractivity (Wildman–Crippen MR) is 112 cm³/mol. The van der Waals surface area contributed by atoms with Crippen LogP contribution >= 0.6 is 0 Å². The van der Waals surface area contributed by atoms with Crippen molar-refractivity contribution in [2.75, 3.05) is 12.4 Å². The van der Waals surface area contributed by atoms with Gasteiger partial charge < -0.3 is 5.32 Å². The van der Waals surface area contributed by atoms with Crippen LogP contribution in [0.4, 0.5) is 5.69 Å². The van der Waals surface area contributed by atoms with Crippen molar-refractivity contribution in [3.8, 4) is 11.3 Å². The second-order valence-corrected chi connectivity index (χ2v) is 7.37. The summed E-state index contributed by atoms with van der Waals surface area (Å²) in [5.74, 6) is -1.00. The molecule has 150 valence electrons. The highest BCUT2D eigenvalue weighted by Gasteiger charge is 2.35. The van der Waals surface area contributed by atoms with Gasteiger partial charge in [0, 0.05) is 25.0 Å². The van der Waals surface area contributed by atoms with Gasteiger partial charge in [-0.15, -0.1) is 0 Å². The molecule has 0 radical (unpaired) electrons. The first kappa shape index (κ1) is 19.4. The monoisotopic (exact) mass is 400 g/mol. The maximum atomic E-state index is 12.7. The molecule has 1 aliphatic heterocycles. The minimum Gasteiger partial charge on any atom is -0.324 e. The van der Waals surface area contributed by atoms with Crippen LogP contribution in [0.15, 0.2) is 48.9 Å². The zero-order chi connectivity index (χ0) is 21.4. The molecule has 30 heavy (non-hydrogen) atoms. The molecular weight excluding hydrogens is 380 g/mol. The molecule has 3 amide bonds. The van der Waals surface area contributed by atoms with Gasteiger partial charge in [-0.2, -0.15) is 0 Å². The summed E-state index contributed by atoms with van der Waals surface area (Å²) >= 11 is 0. The fraction of sp³-hybridized carbons (Fsp3) is 0.174. The fourth-order valence-corrected chi connectivity index (χ4v) is 3.69. The number of aryl methyl sites for hydroxylation is 2. The maximum absolute atomic E-state index is 12.7. The summed E-state index contributed by atoms with van der Waals surface area (Å²) in [5.41, 5.74) is 5.19. The molecule has 0 unspecified atom stereocenters. The predicted octanol–water partition coefficient (Wildman–Crippen LogP) is 3.17. The number of carbonyl (C=O) groups excluding carboxylic acids is 3. The molecule has 0 saturated carbocycles. The summed E-state index contributed by atoms with van der Waals surface area (Å²) in [4.78, 5) is 47.0. The first-order valence-corrected chi connectivity index (χ1v) is 9.48. The van der Waals surface area contributed by atoms with Gasteiger partial charge in [0.2, 0.25) is 5.91 Å². The van der Waals surface area contributed by atoms with Crippen LogP contribution in [0.2, 0.25) is 0 Å². The molecule has 2 aromatic heterocycles. The Morgan fingerprint density at radius 2 is 1.90 bits per heavy atom. The number of pyridine rings is 2. The summed E-state index contributed by atoms with van der Waals surface area (Å²) < 4.78 is 0. The van der Waals surface area contributed by atoms with Crippen LogP contribution in [0, 0.1) is 13.8 Å². The Hall–Kier alpha value is -3.87. The largest absolute Gasteiger partial charge is 0.324 e. The Kier molecular flexibility index (Phi) is 4.87. The first-order valence-electron chi connectivity index (χ1n) is 9.48. The zero-order valence-corrected chi connectivity index (χ0v) is 16.9. The number of imide groups is 1. The van der Waals surface area contributed by atoms with E-state index in [0.29, 0.717) is 22.4 Å². The van der Waals surface area contributed by atoms with E-state index in [-0.39, 0.29) is 24.1 Å². The summed E-state index contributed by atoms with van der Waals surface area (Å²) in [7, 11) is 1.45. The van der Waals surface area contributed by atoms with Crippen LogP contribution in [0.25, 0.3) is 11.3 Å². The molecule has 0 aliphatic carbocycles. The third-order valence-electron chi connectivity index (χ3n) is 5.07. The lowest BCUT2D eigenvalue weighted by atomic mass is 9.97. The van der Waals surface area contributed by atoms with Crippen LogP contribution in [-0.2, 0) is 11.2 Å². The number of nitrogens with one attached hydrogen (secondary N) is 1. The van der Waals surface area contributed by atoms with Gasteiger partial charge in [-0.25, -0.2) is 0 Å². The Balaban J connectivity index is 1.56. The lowest BCUT2D eigenvalue weighted by Gasteiger charge is -2.11. The van der Waals surface area contributed by atoms with Crippen LogP contribution < -0.4 is 5.32 Å². The van der Waals surface area contributed by atoms with Crippen molar-refractivity contribution in [2.24, 2.45) is 0 Å². The third-order valence-corrected chi connectivity index (χ3v) is 5.07. The summed E-state index contributed by atoms with van der Waals surface area (Å²) in [6.45, 7) is 3.75. The minimum atomic E-state index is -0.379. The SMILES string of the molecule is Cc1cc(CC(=O)Nc2cnc(-c3cccnc3)c(C)c2)c2c(c1)C(=O)N(C)C2=O. The van der Waals surface area contributed by atoms with Crippen molar-refractivity contribution in [2.45, 2.75) is 20.3 Å². The second kappa shape index (κ2) is 7.51. The molecule has 0 spiro atoms. The van der Waals surface area contributed by atoms with Gasteiger partial charge in [0.05, 0.1) is 35.1 Å². The molecule has 3 heterocycles. The topological polar surface area (TPSA) is 92.3 Å². The lowest BCUT2D eigenvalue weighted by molar-refractivity contribution is -0.115. The number of benzene rings is 1. The first-order chi connectivity index (χ1) is 14.3. The number of hydrogen-bond donors (Lipinski definition) is 1. The van der Waals surface area contributed by atoms with E-state index in [2.05, 4.69) is 15.3 Å².